The van der Waals surface area contributed by atoms with Gasteiger partial charge in [0.2, 0.25) is 0 Å². The Labute approximate surface area is 167 Å². The van der Waals surface area contributed by atoms with Crippen LogP contribution in [0.1, 0.15) is 56.6 Å². The van der Waals surface area contributed by atoms with Crippen LogP contribution >= 0.6 is 0 Å². The van der Waals surface area contributed by atoms with Crippen LogP contribution in [0.25, 0.3) is 6.08 Å². The van der Waals surface area contributed by atoms with Gasteiger partial charge in [0, 0.05) is 18.4 Å². The third-order valence-corrected chi connectivity index (χ3v) is 4.68. The van der Waals surface area contributed by atoms with E-state index < -0.39 is 35.9 Å². The van der Waals surface area contributed by atoms with Crippen LogP contribution in [0, 0.1) is 0 Å². The zero-order chi connectivity index (χ0) is 21.5. The highest BCUT2D eigenvalue weighted by molar-refractivity contribution is 5.96. The van der Waals surface area contributed by atoms with Gasteiger partial charge in [0.25, 0.3) is 0 Å². The highest BCUT2D eigenvalue weighted by Crippen LogP contribution is 2.33. The quantitative estimate of drug-likeness (QED) is 0.371. The van der Waals surface area contributed by atoms with E-state index in [-0.39, 0.29) is 25.0 Å². The van der Waals surface area contributed by atoms with Crippen LogP contribution < -0.4 is 0 Å². The van der Waals surface area contributed by atoms with E-state index in [1.807, 2.05) is 0 Å². The Hall–Kier alpha value is -2.35. The molecule has 0 bridgehead atoms. The van der Waals surface area contributed by atoms with Gasteiger partial charge < -0.3 is 14.6 Å². The molecule has 29 heavy (non-hydrogen) atoms. The van der Waals surface area contributed by atoms with Crippen molar-refractivity contribution in [3.63, 3.8) is 0 Å². The molecular formula is C21H25F3O5. The molecule has 5 nitrogen and oxygen atoms in total. The van der Waals surface area contributed by atoms with Crippen LogP contribution in [0.3, 0.4) is 0 Å². The number of hydrogen-bond acceptors (Lipinski definition) is 5. The average molecular weight is 414 g/mol. The molecule has 1 N–H and O–H groups in total. The molecule has 1 heterocycles. The number of alkyl halides is 3. The van der Waals surface area contributed by atoms with E-state index in [2.05, 4.69) is 6.92 Å². The highest BCUT2D eigenvalue weighted by Gasteiger charge is 2.44. The minimum absolute atomic E-state index is 0.00747. The maximum Gasteiger partial charge on any atom is 0.416 e. The van der Waals surface area contributed by atoms with Crippen molar-refractivity contribution in [2.24, 2.45) is 0 Å². The van der Waals surface area contributed by atoms with E-state index in [4.69, 9.17) is 9.47 Å². The van der Waals surface area contributed by atoms with Crippen molar-refractivity contribution in [3.8, 4) is 0 Å². The van der Waals surface area contributed by atoms with Gasteiger partial charge in [-0.3, -0.25) is 4.79 Å². The zero-order valence-corrected chi connectivity index (χ0v) is 16.3. The van der Waals surface area contributed by atoms with Gasteiger partial charge in [-0.25, -0.2) is 4.79 Å². The lowest BCUT2D eigenvalue weighted by molar-refractivity contribution is -0.166. The van der Waals surface area contributed by atoms with E-state index >= 15 is 0 Å². The third kappa shape index (κ3) is 6.59. The van der Waals surface area contributed by atoms with Crippen molar-refractivity contribution in [1.82, 2.24) is 0 Å². The minimum atomic E-state index is -4.44. The van der Waals surface area contributed by atoms with Gasteiger partial charge in [-0.1, -0.05) is 38.3 Å². The van der Waals surface area contributed by atoms with Gasteiger partial charge in [-0.05, 0) is 30.2 Å². The second kappa shape index (κ2) is 9.91. The van der Waals surface area contributed by atoms with Crippen molar-refractivity contribution in [2.45, 2.75) is 57.2 Å². The molecule has 1 aliphatic rings. The van der Waals surface area contributed by atoms with Crippen molar-refractivity contribution >= 4 is 18.0 Å². The number of halogens is 3. The maximum atomic E-state index is 12.6. The summed E-state index contributed by atoms with van der Waals surface area (Å²) >= 11 is 0. The highest BCUT2D eigenvalue weighted by atomic mass is 19.4. The summed E-state index contributed by atoms with van der Waals surface area (Å²) in [4.78, 5) is 24.0. The molecular weight excluding hydrogens is 389 g/mol. The molecule has 0 spiro atoms. The molecule has 1 atom stereocenters. The van der Waals surface area contributed by atoms with E-state index in [1.165, 1.54) is 18.2 Å². The largest absolute Gasteiger partial charge is 0.461 e. The summed E-state index contributed by atoms with van der Waals surface area (Å²) in [6.07, 6.45) is 0.923. The number of cyclic esters (lactones) is 1. The summed E-state index contributed by atoms with van der Waals surface area (Å²) in [5.41, 5.74) is -1.57. The number of carbonyl (C=O) groups is 2. The zero-order valence-electron chi connectivity index (χ0n) is 16.3. The van der Waals surface area contributed by atoms with Gasteiger partial charge in [0.05, 0.1) is 12.2 Å². The maximum absolute atomic E-state index is 12.6. The Morgan fingerprint density at radius 2 is 1.93 bits per heavy atom. The molecule has 1 aliphatic heterocycles. The number of ether oxygens (including phenoxy) is 2. The lowest BCUT2D eigenvalue weighted by atomic mass is 9.97. The van der Waals surface area contributed by atoms with Crippen molar-refractivity contribution in [2.75, 3.05) is 13.2 Å². The number of benzene rings is 1. The second-order valence-corrected chi connectivity index (χ2v) is 7.17. The smallest absolute Gasteiger partial charge is 0.416 e. The molecule has 0 amide bonds. The fourth-order valence-electron chi connectivity index (χ4n) is 2.99. The molecule has 0 aliphatic carbocycles. The molecule has 160 valence electrons. The Morgan fingerprint density at radius 1 is 1.24 bits per heavy atom. The Bertz CT molecular complexity index is 740. The second-order valence-electron chi connectivity index (χ2n) is 7.17. The molecule has 0 radical (unpaired) electrons. The van der Waals surface area contributed by atoms with E-state index in [1.54, 1.807) is 0 Å². The molecule has 2 rings (SSSR count). The molecule has 8 heteroatoms. The van der Waals surface area contributed by atoms with Crippen LogP contribution in [-0.2, 0) is 25.2 Å². The number of aliphatic hydroxyl groups excluding tert-OH is 1. The van der Waals surface area contributed by atoms with Crippen molar-refractivity contribution in [3.05, 3.63) is 41.0 Å². The van der Waals surface area contributed by atoms with Crippen molar-refractivity contribution < 1.29 is 37.3 Å². The molecule has 1 fully saturated rings. The minimum Gasteiger partial charge on any atom is -0.461 e. The number of esters is 2. The third-order valence-electron chi connectivity index (χ3n) is 4.68. The molecule has 0 saturated carbocycles. The van der Waals surface area contributed by atoms with Crippen LogP contribution in [0.5, 0.6) is 0 Å². The fraction of sp³-hybridized carbons (Fsp3) is 0.524. The predicted molar refractivity (Wildman–Crippen MR) is 99.7 cm³/mol. The first-order chi connectivity index (χ1) is 13.7. The van der Waals surface area contributed by atoms with Crippen LogP contribution in [0.15, 0.2) is 29.8 Å². The Morgan fingerprint density at radius 3 is 2.52 bits per heavy atom. The topological polar surface area (TPSA) is 72.8 Å². The summed E-state index contributed by atoms with van der Waals surface area (Å²) in [5, 5.41) is 9.68. The van der Waals surface area contributed by atoms with Gasteiger partial charge in [0.1, 0.15) is 6.61 Å². The molecule has 0 aromatic heterocycles. The van der Waals surface area contributed by atoms with E-state index in [0.717, 1.165) is 31.4 Å². The Balaban J connectivity index is 1.98. The van der Waals surface area contributed by atoms with Crippen molar-refractivity contribution in [1.29, 1.82) is 0 Å². The number of unbranched alkanes of at least 4 members (excludes halogenated alkanes) is 3. The molecule has 1 aromatic carbocycles. The number of rotatable bonds is 9. The SMILES string of the molecule is CCCCCCC(=O)OCC1(CO)C/C(=C\c2ccc(C(F)(F)F)cc2)C(=O)O1. The summed E-state index contributed by atoms with van der Waals surface area (Å²) in [6, 6.07) is 4.34. The lowest BCUT2D eigenvalue weighted by Crippen LogP contribution is -2.39. The summed E-state index contributed by atoms with van der Waals surface area (Å²) < 4.78 is 48.3. The van der Waals surface area contributed by atoms with E-state index in [9.17, 15) is 27.9 Å². The fourth-order valence-corrected chi connectivity index (χ4v) is 2.99. The van der Waals surface area contributed by atoms with E-state index in [0.29, 0.717) is 12.0 Å². The van der Waals surface area contributed by atoms with Gasteiger partial charge >= 0.3 is 18.1 Å². The average Bonchev–Trinajstić information content (AvgIpc) is 2.99. The predicted octanol–water partition coefficient (Wildman–Crippen LogP) is 4.28. The van der Waals surface area contributed by atoms with Crippen LogP contribution in [-0.4, -0.2) is 35.9 Å². The number of aliphatic hydroxyl groups is 1. The Kier molecular flexibility index (Phi) is 7.84. The first kappa shape index (κ1) is 22.9. The number of hydrogen-bond donors (Lipinski definition) is 1. The van der Waals surface area contributed by atoms with Crippen LogP contribution in [0.4, 0.5) is 13.2 Å². The summed E-state index contributed by atoms with van der Waals surface area (Å²) in [7, 11) is 0. The van der Waals surface area contributed by atoms with Crippen LogP contribution in [0.2, 0.25) is 0 Å². The monoisotopic (exact) mass is 414 g/mol. The molecule has 1 saturated heterocycles. The summed E-state index contributed by atoms with van der Waals surface area (Å²) in [6.45, 7) is 1.26. The molecule has 1 unspecified atom stereocenters. The first-order valence-electron chi connectivity index (χ1n) is 9.57. The number of carbonyl (C=O) groups excluding carboxylic acids is 2. The molecule has 1 aromatic rings. The van der Waals surface area contributed by atoms with Gasteiger partial charge in [0.15, 0.2) is 5.60 Å². The van der Waals surface area contributed by atoms with Gasteiger partial charge in [-0.2, -0.15) is 13.2 Å². The first-order valence-corrected chi connectivity index (χ1v) is 9.57. The standard InChI is InChI=1S/C21H25F3O5/c1-2-3-4-5-6-18(26)28-14-20(13-25)12-16(19(27)29-20)11-15-7-9-17(10-8-15)21(22,23)24/h7-11,25H,2-6,12-14H2,1H3/b16-11+. The normalized spacial score (nSPS) is 20.7. The summed E-state index contributed by atoms with van der Waals surface area (Å²) in [5.74, 6) is -1.12. The lowest BCUT2D eigenvalue weighted by Gasteiger charge is -2.24. The van der Waals surface area contributed by atoms with Gasteiger partial charge in [-0.15, -0.1) is 0 Å².